The van der Waals surface area contributed by atoms with E-state index in [0.29, 0.717) is 0 Å². The van der Waals surface area contributed by atoms with Gasteiger partial charge in [-0.15, -0.1) is 0 Å². The van der Waals surface area contributed by atoms with E-state index in [1.165, 1.54) is 71.6 Å². The highest BCUT2D eigenvalue weighted by molar-refractivity contribution is 6.23. The fourth-order valence-corrected chi connectivity index (χ4v) is 11.1. The average molecular weight is 828 g/mol. The number of furan rings is 1. The predicted octanol–water partition coefficient (Wildman–Crippen LogP) is 17.1. The first-order valence-corrected chi connectivity index (χ1v) is 22.4. The van der Waals surface area contributed by atoms with E-state index in [1.54, 1.807) is 0 Å². The zero-order chi connectivity index (χ0) is 42.9. The van der Waals surface area contributed by atoms with Crippen LogP contribution in [0.5, 0.6) is 0 Å². The first kappa shape index (κ1) is 37.1. The van der Waals surface area contributed by atoms with Gasteiger partial charge in [-0.25, -0.2) is 0 Å². The van der Waals surface area contributed by atoms with Gasteiger partial charge in [0.15, 0.2) is 0 Å². The molecule has 0 amide bonds. The van der Waals surface area contributed by atoms with E-state index < -0.39 is 5.41 Å². The summed E-state index contributed by atoms with van der Waals surface area (Å²) in [7, 11) is 0. The number of fused-ring (bicyclic) bond motifs is 9. The summed E-state index contributed by atoms with van der Waals surface area (Å²) in [6.07, 6.45) is 0. The minimum absolute atomic E-state index is 0.626. The van der Waals surface area contributed by atoms with Gasteiger partial charge in [-0.2, -0.15) is 0 Å². The van der Waals surface area contributed by atoms with Gasteiger partial charge < -0.3 is 9.32 Å². The quantitative estimate of drug-likeness (QED) is 0.159. The summed E-state index contributed by atoms with van der Waals surface area (Å²) >= 11 is 0. The molecule has 12 aromatic rings. The summed E-state index contributed by atoms with van der Waals surface area (Å²) in [4.78, 5) is 2.49. The fraction of sp³-hybridized carbons (Fsp3) is 0.0159. The highest BCUT2D eigenvalue weighted by Gasteiger charge is 2.47. The van der Waals surface area contributed by atoms with Gasteiger partial charge in [0.05, 0.1) is 22.2 Å². The zero-order valence-electron chi connectivity index (χ0n) is 35.5. The number of hydrogen-bond donors (Lipinski definition) is 0. The third kappa shape index (κ3) is 5.60. The SMILES string of the molecule is c1ccc(-c2cccc3cccc(-c4ccc(N(c5ccccc5C5(c6ccccc6)c6ccccc6-c6ccccc65)c5cccc6oc7ccc8ccccc8c7c56)cc4)c23)cc1. The molecule has 13 rings (SSSR count). The molecule has 0 bridgehead atoms. The van der Waals surface area contributed by atoms with Crippen LogP contribution >= 0.6 is 0 Å². The molecule has 1 aliphatic carbocycles. The number of benzene rings is 11. The van der Waals surface area contributed by atoms with Gasteiger partial charge in [0.25, 0.3) is 0 Å². The van der Waals surface area contributed by atoms with E-state index in [-0.39, 0.29) is 0 Å². The van der Waals surface area contributed by atoms with Gasteiger partial charge in [-0.05, 0) is 114 Å². The Morgan fingerprint density at radius 2 is 0.831 bits per heavy atom. The summed E-state index contributed by atoms with van der Waals surface area (Å²) in [5.74, 6) is 0. The molecular weight excluding hydrogens is 787 g/mol. The molecule has 2 nitrogen and oxygen atoms in total. The molecule has 1 aliphatic rings. The molecule has 0 saturated carbocycles. The predicted molar refractivity (Wildman–Crippen MR) is 272 cm³/mol. The van der Waals surface area contributed by atoms with Gasteiger partial charge in [-0.3, -0.25) is 0 Å². The van der Waals surface area contributed by atoms with E-state index in [4.69, 9.17) is 4.42 Å². The lowest BCUT2D eigenvalue weighted by atomic mass is 9.67. The van der Waals surface area contributed by atoms with Crippen molar-refractivity contribution in [2.24, 2.45) is 0 Å². The molecule has 0 aliphatic heterocycles. The Kier molecular flexibility index (Phi) is 8.47. The van der Waals surface area contributed by atoms with Crippen LogP contribution in [0.25, 0.3) is 76.9 Å². The molecule has 0 spiro atoms. The van der Waals surface area contributed by atoms with E-state index in [0.717, 1.165) is 44.6 Å². The standard InChI is InChI=1S/C63H41NO/c1-3-18-42(19-4-1)48-28-15-21-45-22-16-29-49(60(45)48)44-36-39-47(40-37-44)64(57-34-17-35-58-62(57)61-50-25-8-7-20-43(50)38-41-59(61)65-58)56-33-14-13-32-55(56)63(46-23-5-2-6-24-46)53-30-11-9-26-51(53)52-27-10-12-31-54(52)63/h1-41H. The Morgan fingerprint density at radius 1 is 0.308 bits per heavy atom. The molecule has 65 heavy (non-hydrogen) atoms. The monoisotopic (exact) mass is 827 g/mol. The lowest BCUT2D eigenvalue weighted by Crippen LogP contribution is -2.30. The molecule has 1 aromatic heterocycles. The summed E-state index contributed by atoms with van der Waals surface area (Å²) < 4.78 is 6.77. The molecular formula is C63H41NO. The topological polar surface area (TPSA) is 16.4 Å². The summed E-state index contributed by atoms with van der Waals surface area (Å²) in [6, 6.07) is 90.9. The van der Waals surface area contributed by atoms with Gasteiger partial charge in [0.2, 0.25) is 0 Å². The molecule has 1 heterocycles. The minimum atomic E-state index is -0.626. The summed E-state index contributed by atoms with van der Waals surface area (Å²) in [5.41, 5.74) is 16.6. The molecule has 0 unspecified atom stereocenters. The van der Waals surface area contributed by atoms with Crippen molar-refractivity contribution in [3.63, 3.8) is 0 Å². The van der Waals surface area contributed by atoms with Crippen LogP contribution in [0.1, 0.15) is 22.3 Å². The number of para-hydroxylation sites is 1. The molecule has 0 radical (unpaired) electrons. The largest absolute Gasteiger partial charge is 0.456 e. The Bertz CT molecular complexity index is 3720. The molecule has 0 fully saturated rings. The smallest absolute Gasteiger partial charge is 0.137 e. The normalized spacial score (nSPS) is 12.7. The van der Waals surface area contributed by atoms with Crippen molar-refractivity contribution < 1.29 is 4.42 Å². The third-order valence-electron chi connectivity index (χ3n) is 13.7. The lowest BCUT2D eigenvalue weighted by molar-refractivity contribution is 0.669. The second-order valence-corrected chi connectivity index (χ2v) is 17.1. The van der Waals surface area contributed by atoms with Crippen LogP contribution in [-0.2, 0) is 5.41 Å². The van der Waals surface area contributed by atoms with Crippen molar-refractivity contribution >= 4 is 60.5 Å². The van der Waals surface area contributed by atoms with Crippen LogP contribution in [0.4, 0.5) is 17.1 Å². The molecule has 0 saturated heterocycles. The lowest BCUT2D eigenvalue weighted by Gasteiger charge is -2.38. The molecule has 2 heteroatoms. The van der Waals surface area contributed by atoms with E-state index in [9.17, 15) is 0 Å². The fourth-order valence-electron chi connectivity index (χ4n) is 11.1. The molecule has 304 valence electrons. The number of anilines is 3. The van der Waals surface area contributed by atoms with Crippen molar-refractivity contribution in [1.82, 2.24) is 0 Å². The van der Waals surface area contributed by atoms with E-state index >= 15 is 0 Å². The van der Waals surface area contributed by atoms with Gasteiger partial charge in [-0.1, -0.05) is 212 Å². The highest BCUT2D eigenvalue weighted by atomic mass is 16.3. The van der Waals surface area contributed by atoms with Crippen molar-refractivity contribution in [2.75, 3.05) is 4.90 Å². The molecule has 0 atom stereocenters. The first-order valence-electron chi connectivity index (χ1n) is 22.4. The van der Waals surface area contributed by atoms with Crippen LogP contribution < -0.4 is 4.90 Å². The van der Waals surface area contributed by atoms with Crippen LogP contribution in [0.2, 0.25) is 0 Å². The summed E-state index contributed by atoms with van der Waals surface area (Å²) in [6.45, 7) is 0. The van der Waals surface area contributed by atoms with Crippen molar-refractivity contribution in [1.29, 1.82) is 0 Å². The van der Waals surface area contributed by atoms with E-state index in [2.05, 4.69) is 254 Å². The van der Waals surface area contributed by atoms with Crippen LogP contribution in [0.3, 0.4) is 0 Å². The maximum absolute atomic E-state index is 6.77. The molecule has 11 aromatic carbocycles. The summed E-state index contributed by atoms with van der Waals surface area (Å²) in [5, 5.41) is 7.02. The van der Waals surface area contributed by atoms with E-state index in [1.807, 2.05) is 0 Å². The maximum atomic E-state index is 6.77. The van der Waals surface area contributed by atoms with Crippen molar-refractivity contribution in [2.45, 2.75) is 5.41 Å². The first-order chi connectivity index (χ1) is 32.3. The number of nitrogens with zero attached hydrogens (tertiary/aromatic N) is 1. The number of rotatable bonds is 7. The Morgan fingerprint density at radius 3 is 1.55 bits per heavy atom. The van der Waals surface area contributed by atoms with Crippen LogP contribution in [0.15, 0.2) is 253 Å². The molecule has 0 N–H and O–H groups in total. The maximum Gasteiger partial charge on any atom is 0.137 e. The van der Waals surface area contributed by atoms with Crippen LogP contribution in [0, 0.1) is 0 Å². The Labute approximate surface area is 377 Å². The number of hydrogen-bond acceptors (Lipinski definition) is 2. The Hall–Kier alpha value is -8.46. The minimum Gasteiger partial charge on any atom is -0.456 e. The third-order valence-corrected chi connectivity index (χ3v) is 13.7. The van der Waals surface area contributed by atoms with Gasteiger partial charge in [0, 0.05) is 11.1 Å². The Balaban J connectivity index is 1.10. The zero-order valence-corrected chi connectivity index (χ0v) is 35.5. The second kappa shape index (κ2) is 14.8. The second-order valence-electron chi connectivity index (χ2n) is 17.1. The highest BCUT2D eigenvalue weighted by Crippen LogP contribution is 2.59. The van der Waals surface area contributed by atoms with Crippen molar-refractivity contribution in [3.8, 4) is 33.4 Å². The van der Waals surface area contributed by atoms with Crippen molar-refractivity contribution in [3.05, 3.63) is 271 Å². The van der Waals surface area contributed by atoms with Gasteiger partial charge in [0.1, 0.15) is 11.2 Å². The average Bonchev–Trinajstić information content (AvgIpc) is 3.92. The van der Waals surface area contributed by atoms with Gasteiger partial charge >= 0.3 is 0 Å². The van der Waals surface area contributed by atoms with Crippen LogP contribution in [-0.4, -0.2) is 0 Å².